The van der Waals surface area contributed by atoms with E-state index in [9.17, 15) is 0 Å². The van der Waals surface area contributed by atoms with Crippen LogP contribution in [0.3, 0.4) is 0 Å². The Labute approximate surface area is 383 Å². The van der Waals surface area contributed by atoms with Gasteiger partial charge in [-0.1, -0.05) is 166 Å². The molecule has 312 valence electrons. The highest BCUT2D eigenvalue weighted by molar-refractivity contribution is 6.19. The fourth-order valence-electron chi connectivity index (χ4n) is 12.2. The summed E-state index contributed by atoms with van der Waals surface area (Å²) in [4.78, 5) is 2.59. The SMILES string of the molecule is CC1(C)c2ccccc2-c2cccc(N(c3ccc4c(c3)oc3ccccc34)c3cc4c5ccccc5n(-c5ccccc5)c4c4c3C(C)(c3ccc5ccccc5c3)c3ccccc3-4)c21. The number of benzene rings is 10. The number of anilines is 3. The minimum atomic E-state index is -0.574. The molecule has 2 heterocycles. The highest BCUT2D eigenvalue weighted by Crippen LogP contribution is 2.62. The van der Waals surface area contributed by atoms with Crippen molar-refractivity contribution in [1.29, 1.82) is 0 Å². The maximum Gasteiger partial charge on any atom is 0.137 e. The number of hydrogen-bond acceptors (Lipinski definition) is 2. The van der Waals surface area contributed by atoms with Gasteiger partial charge in [-0.2, -0.15) is 0 Å². The van der Waals surface area contributed by atoms with Crippen molar-refractivity contribution in [3.8, 4) is 27.9 Å². The Hall–Kier alpha value is -8.14. The van der Waals surface area contributed by atoms with Gasteiger partial charge in [0, 0.05) is 60.9 Å². The van der Waals surface area contributed by atoms with Gasteiger partial charge in [-0.05, 0) is 111 Å². The number of furan rings is 1. The second kappa shape index (κ2) is 13.4. The van der Waals surface area contributed by atoms with Crippen LogP contribution in [0.2, 0.25) is 0 Å². The molecule has 0 N–H and O–H groups in total. The highest BCUT2D eigenvalue weighted by Gasteiger charge is 2.47. The van der Waals surface area contributed by atoms with Crippen LogP contribution in [-0.4, -0.2) is 4.57 Å². The molecule has 14 rings (SSSR count). The van der Waals surface area contributed by atoms with Crippen molar-refractivity contribution in [2.75, 3.05) is 4.90 Å². The van der Waals surface area contributed by atoms with Crippen LogP contribution >= 0.6 is 0 Å². The molecule has 12 aromatic rings. The van der Waals surface area contributed by atoms with Gasteiger partial charge in [0.25, 0.3) is 0 Å². The maximum atomic E-state index is 6.74. The first-order valence-corrected chi connectivity index (χ1v) is 23.1. The van der Waals surface area contributed by atoms with E-state index in [-0.39, 0.29) is 5.41 Å². The quantitative estimate of drug-likeness (QED) is 0.172. The molecular formula is C63H44N2O. The molecule has 0 radical (unpaired) electrons. The normalized spacial score (nSPS) is 15.7. The summed E-state index contributed by atoms with van der Waals surface area (Å²) in [5.74, 6) is 0. The van der Waals surface area contributed by atoms with Gasteiger partial charge in [-0.25, -0.2) is 0 Å². The lowest BCUT2D eigenvalue weighted by Gasteiger charge is -2.37. The van der Waals surface area contributed by atoms with Crippen molar-refractivity contribution < 1.29 is 4.42 Å². The van der Waals surface area contributed by atoms with Crippen LogP contribution in [0.15, 0.2) is 217 Å². The topological polar surface area (TPSA) is 21.3 Å². The summed E-state index contributed by atoms with van der Waals surface area (Å²) in [6.07, 6.45) is 0. The summed E-state index contributed by atoms with van der Waals surface area (Å²) in [7, 11) is 0. The first-order valence-electron chi connectivity index (χ1n) is 23.1. The lowest BCUT2D eigenvalue weighted by atomic mass is 9.72. The zero-order valence-electron chi connectivity index (χ0n) is 37.0. The number of para-hydroxylation sites is 3. The lowest BCUT2D eigenvalue weighted by molar-refractivity contribution is 0.660. The van der Waals surface area contributed by atoms with Gasteiger partial charge in [-0.15, -0.1) is 0 Å². The van der Waals surface area contributed by atoms with Gasteiger partial charge in [-0.3, -0.25) is 0 Å². The summed E-state index contributed by atoms with van der Waals surface area (Å²) in [6, 6.07) is 78.7. The van der Waals surface area contributed by atoms with E-state index < -0.39 is 5.41 Å². The molecular weight excluding hydrogens is 801 g/mol. The third-order valence-electron chi connectivity index (χ3n) is 15.2. The molecule has 1 unspecified atom stereocenters. The second-order valence-corrected chi connectivity index (χ2v) is 18.9. The first kappa shape index (κ1) is 37.3. The zero-order valence-corrected chi connectivity index (χ0v) is 37.0. The van der Waals surface area contributed by atoms with Gasteiger partial charge in [0.05, 0.1) is 22.4 Å². The Kier molecular flexibility index (Phi) is 7.59. The van der Waals surface area contributed by atoms with Crippen LogP contribution in [0.4, 0.5) is 17.1 Å². The molecule has 2 aromatic heterocycles. The predicted molar refractivity (Wildman–Crippen MR) is 275 cm³/mol. The fourth-order valence-corrected chi connectivity index (χ4v) is 12.2. The molecule has 3 nitrogen and oxygen atoms in total. The Balaban J connectivity index is 1.19. The Bertz CT molecular complexity index is 4000. The molecule has 10 aromatic carbocycles. The molecule has 3 heteroatoms. The smallest absolute Gasteiger partial charge is 0.137 e. The van der Waals surface area contributed by atoms with E-state index in [1.165, 1.54) is 82.6 Å². The lowest BCUT2D eigenvalue weighted by Crippen LogP contribution is -2.27. The minimum absolute atomic E-state index is 0.286. The van der Waals surface area contributed by atoms with Crippen LogP contribution in [0.25, 0.3) is 82.5 Å². The van der Waals surface area contributed by atoms with E-state index in [2.05, 4.69) is 243 Å². The third kappa shape index (κ3) is 4.92. The monoisotopic (exact) mass is 844 g/mol. The molecule has 0 spiro atoms. The van der Waals surface area contributed by atoms with Gasteiger partial charge in [0.1, 0.15) is 11.2 Å². The van der Waals surface area contributed by atoms with E-state index in [4.69, 9.17) is 4.42 Å². The van der Waals surface area contributed by atoms with Crippen LogP contribution in [0.1, 0.15) is 48.6 Å². The Morgan fingerprint density at radius 2 is 1.12 bits per heavy atom. The van der Waals surface area contributed by atoms with E-state index in [0.717, 1.165) is 44.7 Å². The van der Waals surface area contributed by atoms with Crippen molar-refractivity contribution in [3.05, 3.63) is 240 Å². The van der Waals surface area contributed by atoms with Crippen LogP contribution < -0.4 is 4.90 Å². The van der Waals surface area contributed by atoms with Crippen molar-refractivity contribution in [3.63, 3.8) is 0 Å². The van der Waals surface area contributed by atoms with Crippen molar-refractivity contribution in [2.24, 2.45) is 0 Å². The summed E-state index contributed by atoms with van der Waals surface area (Å²) >= 11 is 0. The van der Waals surface area contributed by atoms with Gasteiger partial charge in [0.15, 0.2) is 0 Å². The molecule has 0 amide bonds. The second-order valence-electron chi connectivity index (χ2n) is 18.9. The molecule has 0 fully saturated rings. The Morgan fingerprint density at radius 1 is 0.439 bits per heavy atom. The summed E-state index contributed by atoms with van der Waals surface area (Å²) in [6.45, 7) is 7.28. The van der Waals surface area contributed by atoms with E-state index in [0.29, 0.717) is 0 Å². The third-order valence-corrected chi connectivity index (χ3v) is 15.2. The molecule has 2 aliphatic rings. The minimum Gasteiger partial charge on any atom is -0.456 e. The largest absolute Gasteiger partial charge is 0.456 e. The average molecular weight is 845 g/mol. The summed E-state index contributed by atoms with van der Waals surface area (Å²) < 4.78 is 9.26. The number of rotatable bonds is 5. The Morgan fingerprint density at radius 3 is 1.98 bits per heavy atom. The molecule has 0 aliphatic heterocycles. The number of hydrogen-bond donors (Lipinski definition) is 0. The molecule has 0 saturated carbocycles. The van der Waals surface area contributed by atoms with Crippen molar-refractivity contribution in [2.45, 2.75) is 31.6 Å². The van der Waals surface area contributed by atoms with Crippen LogP contribution in [0.5, 0.6) is 0 Å². The molecule has 0 saturated heterocycles. The number of fused-ring (bicyclic) bond motifs is 14. The predicted octanol–water partition coefficient (Wildman–Crippen LogP) is 16.9. The summed E-state index contributed by atoms with van der Waals surface area (Å²) in [5, 5.41) is 7.13. The van der Waals surface area contributed by atoms with Crippen LogP contribution in [-0.2, 0) is 10.8 Å². The van der Waals surface area contributed by atoms with E-state index >= 15 is 0 Å². The fraction of sp³-hybridized carbons (Fsp3) is 0.0794. The highest BCUT2D eigenvalue weighted by atomic mass is 16.3. The molecule has 0 bridgehead atoms. The van der Waals surface area contributed by atoms with Gasteiger partial charge < -0.3 is 13.9 Å². The number of aromatic nitrogens is 1. The first-order chi connectivity index (χ1) is 32.4. The van der Waals surface area contributed by atoms with E-state index in [1.807, 2.05) is 0 Å². The average Bonchev–Trinajstić information content (AvgIpc) is 4.06. The van der Waals surface area contributed by atoms with Gasteiger partial charge >= 0.3 is 0 Å². The maximum absolute atomic E-state index is 6.74. The zero-order chi connectivity index (χ0) is 43.9. The van der Waals surface area contributed by atoms with Crippen molar-refractivity contribution >= 4 is 71.6 Å². The van der Waals surface area contributed by atoms with Gasteiger partial charge in [0.2, 0.25) is 0 Å². The summed E-state index contributed by atoms with van der Waals surface area (Å²) in [5.41, 5.74) is 19.4. The molecule has 1 atom stereocenters. The van der Waals surface area contributed by atoms with Crippen LogP contribution in [0, 0.1) is 0 Å². The van der Waals surface area contributed by atoms with Crippen molar-refractivity contribution in [1.82, 2.24) is 4.57 Å². The van der Waals surface area contributed by atoms with E-state index in [1.54, 1.807) is 0 Å². The standard InChI is InChI=1S/C63H44N2O/c1-62(2)51-27-13-9-22-44(51)48-26-17-30-54(59(48)62)64(43-34-35-47-46-24-12-16-31-56(46)66-57(47)37-43)55-38-50-45-23-11-15-29-53(45)65(42-20-5-4-6-21-42)61(50)58-49-25-10-14-28-52(49)63(3,60(55)58)41-33-32-39-18-7-8-19-40(39)36-41/h4-38H,1-3H3. The number of nitrogens with zero attached hydrogens (tertiary/aromatic N) is 2. The molecule has 2 aliphatic carbocycles. The molecule has 66 heavy (non-hydrogen) atoms.